The number of anilines is 1. The third-order valence-electron chi connectivity index (χ3n) is 3.20. The molecule has 0 spiro atoms. The molecule has 0 aliphatic rings. The van der Waals surface area contributed by atoms with E-state index in [9.17, 15) is 14.0 Å². The van der Waals surface area contributed by atoms with Crippen LogP contribution >= 0.6 is 15.9 Å². The van der Waals surface area contributed by atoms with E-state index in [1.165, 1.54) is 23.1 Å². The van der Waals surface area contributed by atoms with E-state index >= 15 is 0 Å². The number of carbonyl (C=O) groups is 2. The summed E-state index contributed by atoms with van der Waals surface area (Å²) in [5.74, 6) is -0.884. The second-order valence-corrected chi connectivity index (χ2v) is 5.81. The average Bonchev–Trinajstić information content (AvgIpc) is 2.55. The van der Waals surface area contributed by atoms with Crippen molar-refractivity contribution < 1.29 is 18.7 Å². The van der Waals surface area contributed by atoms with Gasteiger partial charge in [-0.15, -0.1) is 0 Å². The first-order valence-electron chi connectivity index (χ1n) is 7.19. The molecule has 2 amide bonds. The molecule has 2 aromatic carbocycles. The molecular formula is C17H16BrFN2O3. The molecule has 2 aromatic rings. The third-order valence-corrected chi connectivity index (χ3v) is 3.82. The lowest BCUT2D eigenvalue weighted by Crippen LogP contribution is -2.37. The molecule has 5 nitrogen and oxygen atoms in total. The Kier molecular flexibility index (Phi) is 6.31. The van der Waals surface area contributed by atoms with Crippen LogP contribution in [0.4, 0.5) is 10.1 Å². The average molecular weight is 395 g/mol. The largest absolute Gasteiger partial charge is 0.483 e. The number of nitrogens with zero attached hydrogens (tertiary/aromatic N) is 1. The maximum atomic E-state index is 13.1. The minimum atomic E-state index is -0.495. The van der Waals surface area contributed by atoms with Crippen molar-refractivity contribution in [2.45, 2.75) is 6.42 Å². The molecule has 0 aromatic heterocycles. The van der Waals surface area contributed by atoms with Gasteiger partial charge in [-0.1, -0.05) is 18.2 Å². The van der Waals surface area contributed by atoms with Gasteiger partial charge in [0.05, 0.1) is 4.47 Å². The number of benzene rings is 2. The van der Waals surface area contributed by atoms with Crippen LogP contribution in [0.25, 0.3) is 0 Å². The highest BCUT2D eigenvalue weighted by molar-refractivity contribution is 9.10. The second kappa shape index (κ2) is 8.44. The zero-order valence-corrected chi connectivity index (χ0v) is 14.3. The number of carbonyl (C=O) groups excluding carboxylic acids is 2. The summed E-state index contributed by atoms with van der Waals surface area (Å²) in [7, 11) is 0. The number of hydrogen-bond donors (Lipinski definition) is 1. The van der Waals surface area contributed by atoms with E-state index in [-0.39, 0.29) is 25.5 Å². The number of para-hydroxylation sites is 1. The highest BCUT2D eigenvalue weighted by Gasteiger charge is 2.17. The van der Waals surface area contributed by atoms with Gasteiger partial charge in [-0.3, -0.25) is 9.59 Å². The van der Waals surface area contributed by atoms with Crippen molar-refractivity contribution in [2.75, 3.05) is 18.1 Å². The van der Waals surface area contributed by atoms with Crippen LogP contribution in [0.15, 0.2) is 53.0 Å². The predicted molar refractivity (Wildman–Crippen MR) is 92.2 cm³/mol. The maximum Gasteiger partial charge on any atom is 0.264 e. The van der Waals surface area contributed by atoms with Gasteiger partial charge >= 0.3 is 0 Å². The summed E-state index contributed by atoms with van der Waals surface area (Å²) >= 11 is 3.18. The van der Waals surface area contributed by atoms with Gasteiger partial charge in [-0.2, -0.15) is 0 Å². The number of rotatable bonds is 7. The van der Waals surface area contributed by atoms with Crippen LogP contribution < -0.4 is 15.4 Å². The molecule has 2 rings (SSSR count). The molecule has 24 heavy (non-hydrogen) atoms. The number of primary amides is 1. The molecule has 0 heterocycles. The Balaban J connectivity index is 2.08. The van der Waals surface area contributed by atoms with Crippen molar-refractivity contribution in [1.82, 2.24) is 0 Å². The van der Waals surface area contributed by atoms with Crippen molar-refractivity contribution in [1.29, 1.82) is 0 Å². The van der Waals surface area contributed by atoms with E-state index in [0.717, 1.165) is 0 Å². The zero-order chi connectivity index (χ0) is 17.5. The van der Waals surface area contributed by atoms with Crippen LogP contribution in [0.2, 0.25) is 0 Å². The first-order chi connectivity index (χ1) is 11.5. The Morgan fingerprint density at radius 1 is 1.17 bits per heavy atom. The first kappa shape index (κ1) is 17.9. The van der Waals surface area contributed by atoms with E-state index in [1.807, 2.05) is 6.07 Å². The summed E-state index contributed by atoms with van der Waals surface area (Å²) in [5, 5.41) is 0. The highest BCUT2D eigenvalue weighted by atomic mass is 79.9. The quantitative estimate of drug-likeness (QED) is 0.784. The Labute approximate surface area is 147 Å². The first-order valence-corrected chi connectivity index (χ1v) is 7.98. The fraction of sp³-hybridized carbons (Fsp3) is 0.176. The molecule has 0 saturated carbocycles. The van der Waals surface area contributed by atoms with Crippen molar-refractivity contribution in [2.24, 2.45) is 5.73 Å². The van der Waals surface area contributed by atoms with Gasteiger partial charge in [-0.25, -0.2) is 4.39 Å². The molecule has 0 aliphatic heterocycles. The van der Waals surface area contributed by atoms with Crippen LogP contribution in [0.5, 0.6) is 5.75 Å². The van der Waals surface area contributed by atoms with Crippen molar-refractivity contribution in [3.63, 3.8) is 0 Å². The van der Waals surface area contributed by atoms with Gasteiger partial charge in [0.2, 0.25) is 5.91 Å². The van der Waals surface area contributed by atoms with Crippen molar-refractivity contribution in [3.05, 3.63) is 58.8 Å². The minimum Gasteiger partial charge on any atom is -0.483 e. The van der Waals surface area contributed by atoms with Crippen LogP contribution in [0, 0.1) is 5.82 Å². The summed E-state index contributed by atoms with van der Waals surface area (Å²) in [5.41, 5.74) is 5.81. The fourth-order valence-corrected chi connectivity index (χ4v) is 2.50. The molecule has 126 valence electrons. The summed E-state index contributed by atoms with van der Waals surface area (Å²) in [4.78, 5) is 24.9. The molecule has 2 N–H and O–H groups in total. The summed E-state index contributed by atoms with van der Waals surface area (Å²) in [6.45, 7) is -0.0932. The molecule has 0 saturated heterocycles. The smallest absolute Gasteiger partial charge is 0.264 e. The Morgan fingerprint density at radius 2 is 1.88 bits per heavy atom. The molecular weight excluding hydrogens is 379 g/mol. The van der Waals surface area contributed by atoms with Crippen LogP contribution in [0.3, 0.4) is 0 Å². The lowest BCUT2D eigenvalue weighted by molar-refractivity contribution is -0.120. The Morgan fingerprint density at radius 3 is 2.50 bits per heavy atom. The van der Waals surface area contributed by atoms with Gasteiger partial charge in [-0.05, 0) is 46.3 Å². The summed E-state index contributed by atoms with van der Waals surface area (Å²) < 4.78 is 18.9. The number of ether oxygens (including phenoxy) is 1. The number of halogens is 2. The van der Waals surface area contributed by atoms with Gasteiger partial charge in [0, 0.05) is 18.7 Å². The van der Waals surface area contributed by atoms with E-state index in [2.05, 4.69) is 15.9 Å². The van der Waals surface area contributed by atoms with Crippen LogP contribution in [-0.2, 0) is 9.59 Å². The van der Waals surface area contributed by atoms with E-state index < -0.39 is 11.7 Å². The fourth-order valence-electron chi connectivity index (χ4n) is 2.04. The zero-order valence-electron chi connectivity index (χ0n) is 12.7. The number of nitrogens with two attached hydrogens (primary N) is 1. The Hall–Kier alpha value is -2.41. The monoisotopic (exact) mass is 394 g/mol. The lowest BCUT2D eigenvalue weighted by atomic mass is 10.2. The number of amides is 2. The van der Waals surface area contributed by atoms with Crippen LogP contribution in [-0.4, -0.2) is 25.0 Å². The van der Waals surface area contributed by atoms with E-state index in [1.54, 1.807) is 24.3 Å². The summed E-state index contributed by atoms with van der Waals surface area (Å²) in [6.07, 6.45) is 0.0425. The third kappa shape index (κ3) is 5.06. The standard InChI is InChI=1S/C17H16BrFN2O3/c18-14-10-12(19)6-7-15(14)24-11-17(23)21(9-8-16(20)22)13-4-2-1-3-5-13/h1-7,10H,8-9,11H2,(H2,20,22). The van der Waals surface area contributed by atoms with Gasteiger partial charge in [0.15, 0.2) is 6.61 Å². The second-order valence-electron chi connectivity index (χ2n) is 4.96. The Bertz CT molecular complexity index is 725. The number of hydrogen-bond acceptors (Lipinski definition) is 3. The molecule has 0 bridgehead atoms. The molecule has 0 unspecified atom stereocenters. The van der Waals surface area contributed by atoms with Crippen LogP contribution in [0.1, 0.15) is 6.42 Å². The van der Waals surface area contributed by atoms with Crippen molar-refractivity contribution in [3.8, 4) is 5.75 Å². The lowest BCUT2D eigenvalue weighted by Gasteiger charge is -2.22. The van der Waals surface area contributed by atoms with E-state index in [4.69, 9.17) is 10.5 Å². The van der Waals surface area contributed by atoms with Gasteiger partial charge in [0.25, 0.3) is 5.91 Å². The minimum absolute atomic E-state index is 0.0425. The van der Waals surface area contributed by atoms with Gasteiger partial charge < -0.3 is 15.4 Å². The summed E-state index contributed by atoms with van der Waals surface area (Å²) in [6, 6.07) is 12.8. The normalized spacial score (nSPS) is 10.2. The van der Waals surface area contributed by atoms with E-state index in [0.29, 0.717) is 15.9 Å². The molecule has 0 atom stereocenters. The molecule has 7 heteroatoms. The molecule has 0 radical (unpaired) electrons. The molecule has 0 aliphatic carbocycles. The molecule has 0 fully saturated rings. The topological polar surface area (TPSA) is 72.6 Å². The highest BCUT2D eigenvalue weighted by Crippen LogP contribution is 2.25. The SMILES string of the molecule is NC(=O)CCN(C(=O)COc1ccc(F)cc1Br)c1ccccc1. The maximum absolute atomic E-state index is 13.1. The van der Waals surface area contributed by atoms with Gasteiger partial charge in [0.1, 0.15) is 11.6 Å². The van der Waals surface area contributed by atoms with Crippen molar-refractivity contribution >= 4 is 33.4 Å². The predicted octanol–water partition coefficient (Wildman–Crippen LogP) is 2.88.